The molecule has 2 rings (SSSR count). The van der Waals surface area contributed by atoms with Crippen molar-refractivity contribution in [1.29, 1.82) is 0 Å². The smallest absolute Gasteiger partial charge is 0.307 e. The van der Waals surface area contributed by atoms with Crippen molar-refractivity contribution in [2.75, 3.05) is 0 Å². The van der Waals surface area contributed by atoms with Crippen LogP contribution in [-0.2, 0) is 14.9 Å². The number of ether oxygens (including phenoxy) is 1. The van der Waals surface area contributed by atoms with Gasteiger partial charge in [-0.15, -0.1) is 0 Å². The van der Waals surface area contributed by atoms with Crippen LogP contribution >= 0.6 is 0 Å². The Bertz CT molecular complexity index is 405. The van der Waals surface area contributed by atoms with E-state index >= 15 is 0 Å². The molecule has 0 aliphatic heterocycles. The van der Waals surface area contributed by atoms with Crippen molar-refractivity contribution in [1.82, 2.24) is 10.2 Å². The van der Waals surface area contributed by atoms with Crippen LogP contribution in [0.2, 0.25) is 0 Å². The lowest BCUT2D eigenvalue weighted by Crippen LogP contribution is -2.27. The lowest BCUT2D eigenvalue weighted by atomic mass is 9.98. The molecule has 0 radical (unpaired) electrons. The molecule has 0 aromatic carbocycles. The number of carbonyl (C=O) groups is 1. The molecule has 0 saturated heterocycles. The molecule has 17 heavy (non-hydrogen) atoms. The molecule has 1 fully saturated rings. The van der Waals surface area contributed by atoms with E-state index in [-0.39, 0.29) is 11.4 Å². The van der Waals surface area contributed by atoms with Crippen molar-refractivity contribution in [3.05, 3.63) is 24.0 Å². The highest BCUT2D eigenvalue weighted by molar-refractivity contribution is 5.72. The summed E-state index contributed by atoms with van der Waals surface area (Å²) < 4.78 is 5.35. The highest BCUT2D eigenvalue weighted by Gasteiger charge is 2.48. The van der Waals surface area contributed by atoms with Gasteiger partial charge in [-0.1, -0.05) is 0 Å². The molecule has 4 nitrogen and oxygen atoms in total. The third-order valence-corrected chi connectivity index (χ3v) is 2.87. The lowest BCUT2D eigenvalue weighted by Gasteiger charge is -2.21. The maximum atomic E-state index is 11.8. The monoisotopic (exact) mass is 234 g/mol. The first kappa shape index (κ1) is 12.0. The number of esters is 1. The summed E-state index contributed by atoms with van der Waals surface area (Å²) in [6.45, 7) is 5.65. The van der Waals surface area contributed by atoms with Gasteiger partial charge in [0.2, 0.25) is 0 Å². The fourth-order valence-corrected chi connectivity index (χ4v) is 1.91. The summed E-state index contributed by atoms with van der Waals surface area (Å²) in [5.41, 5.74) is 0.373. The molecule has 0 spiro atoms. The number of hydrogen-bond donors (Lipinski definition) is 0. The van der Waals surface area contributed by atoms with Gasteiger partial charge < -0.3 is 4.74 Å². The minimum Gasteiger partial charge on any atom is -0.460 e. The van der Waals surface area contributed by atoms with Gasteiger partial charge in [0.05, 0.1) is 12.1 Å². The molecular formula is C13H18N2O2. The van der Waals surface area contributed by atoms with Gasteiger partial charge in [0.25, 0.3) is 0 Å². The maximum absolute atomic E-state index is 11.8. The molecule has 0 N–H and O–H groups in total. The molecule has 4 heteroatoms. The van der Waals surface area contributed by atoms with E-state index in [4.69, 9.17) is 4.74 Å². The van der Waals surface area contributed by atoms with E-state index < -0.39 is 5.60 Å². The minimum absolute atomic E-state index is 0.114. The van der Waals surface area contributed by atoms with E-state index in [1.165, 1.54) is 0 Å². The molecule has 0 amide bonds. The van der Waals surface area contributed by atoms with Crippen LogP contribution in [0.15, 0.2) is 18.3 Å². The average molecular weight is 234 g/mol. The number of carbonyl (C=O) groups excluding carboxylic acids is 1. The summed E-state index contributed by atoms with van der Waals surface area (Å²) in [6, 6.07) is 3.79. The predicted molar refractivity (Wildman–Crippen MR) is 63.4 cm³/mol. The fourth-order valence-electron chi connectivity index (χ4n) is 1.91. The first-order valence-corrected chi connectivity index (χ1v) is 5.91. The summed E-state index contributed by atoms with van der Waals surface area (Å²) in [5.74, 6) is -0.152. The maximum Gasteiger partial charge on any atom is 0.307 e. The quantitative estimate of drug-likeness (QED) is 0.753. The van der Waals surface area contributed by atoms with Crippen LogP contribution in [-0.4, -0.2) is 21.8 Å². The summed E-state index contributed by atoms with van der Waals surface area (Å²) in [7, 11) is 0. The van der Waals surface area contributed by atoms with Gasteiger partial charge >= 0.3 is 5.97 Å². The van der Waals surface area contributed by atoms with Gasteiger partial charge in [0.15, 0.2) is 0 Å². The Balaban J connectivity index is 2.02. The van der Waals surface area contributed by atoms with Crippen molar-refractivity contribution in [2.45, 2.75) is 51.0 Å². The first-order valence-electron chi connectivity index (χ1n) is 5.91. The zero-order valence-electron chi connectivity index (χ0n) is 10.6. The molecule has 1 aliphatic rings. The second-order valence-corrected chi connectivity index (χ2v) is 5.65. The largest absolute Gasteiger partial charge is 0.460 e. The standard InChI is InChI=1S/C13H18N2O2/c1-12(2,3)17-11(16)9-13(6-7-13)10-5-4-8-14-15-10/h4-5,8H,6-7,9H2,1-3H3. The lowest BCUT2D eigenvalue weighted by molar-refractivity contribution is -0.155. The third-order valence-electron chi connectivity index (χ3n) is 2.87. The van der Waals surface area contributed by atoms with Gasteiger partial charge in [0, 0.05) is 11.6 Å². The number of nitrogens with zero attached hydrogens (tertiary/aromatic N) is 2. The molecular weight excluding hydrogens is 216 g/mol. The summed E-state index contributed by atoms with van der Waals surface area (Å²) in [4.78, 5) is 11.8. The van der Waals surface area contributed by atoms with Crippen LogP contribution in [0.25, 0.3) is 0 Å². The van der Waals surface area contributed by atoms with E-state index in [0.29, 0.717) is 6.42 Å². The molecule has 1 aromatic rings. The van der Waals surface area contributed by atoms with Gasteiger partial charge in [-0.05, 0) is 45.7 Å². The second-order valence-electron chi connectivity index (χ2n) is 5.65. The third kappa shape index (κ3) is 3.02. The highest BCUT2D eigenvalue weighted by Crippen LogP contribution is 2.50. The van der Waals surface area contributed by atoms with Crippen molar-refractivity contribution in [2.24, 2.45) is 0 Å². The summed E-state index contributed by atoms with van der Waals surface area (Å²) in [5, 5.41) is 7.98. The van der Waals surface area contributed by atoms with Crippen molar-refractivity contribution in [3.63, 3.8) is 0 Å². The molecule has 1 heterocycles. The molecule has 1 aromatic heterocycles. The molecule has 1 saturated carbocycles. The van der Waals surface area contributed by atoms with Gasteiger partial charge in [-0.2, -0.15) is 10.2 Å². The van der Waals surface area contributed by atoms with Gasteiger partial charge in [0.1, 0.15) is 5.60 Å². The molecule has 1 aliphatic carbocycles. The molecule has 0 bridgehead atoms. The van der Waals surface area contributed by atoms with Crippen LogP contribution in [0.5, 0.6) is 0 Å². The number of aromatic nitrogens is 2. The minimum atomic E-state index is -0.421. The van der Waals surface area contributed by atoms with Crippen molar-refractivity contribution < 1.29 is 9.53 Å². The Kier molecular flexibility index (Phi) is 2.89. The summed E-state index contributed by atoms with van der Waals surface area (Å²) >= 11 is 0. The zero-order chi connectivity index (χ0) is 12.5. The van der Waals surface area contributed by atoms with Crippen LogP contribution in [0, 0.1) is 0 Å². The second kappa shape index (κ2) is 4.09. The molecule has 0 atom stereocenters. The van der Waals surface area contributed by atoms with E-state index in [9.17, 15) is 4.79 Å². The SMILES string of the molecule is CC(C)(C)OC(=O)CC1(c2cccnn2)CC1. The van der Waals surface area contributed by atoms with Crippen LogP contribution < -0.4 is 0 Å². The molecule has 92 valence electrons. The Labute approximate surface area is 101 Å². The fraction of sp³-hybridized carbons (Fsp3) is 0.615. The van der Waals surface area contributed by atoms with Crippen LogP contribution in [0.4, 0.5) is 0 Å². The van der Waals surface area contributed by atoms with Crippen molar-refractivity contribution >= 4 is 5.97 Å². The Hall–Kier alpha value is -1.45. The summed E-state index contributed by atoms with van der Waals surface area (Å²) in [6.07, 6.45) is 4.03. The van der Waals surface area contributed by atoms with Gasteiger partial charge in [-0.3, -0.25) is 4.79 Å². The average Bonchev–Trinajstić information content (AvgIpc) is 2.97. The van der Waals surface area contributed by atoms with Crippen molar-refractivity contribution in [3.8, 4) is 0 Å². The van der Waals surface area contributed by atoms with E-state index in [0.717, 1.165) is 18.5 Å². The van der Waals surface area contributed by atoms with E-state index in [1.54, 1.807) is 6.20 Å². The van der Waals surface area contributed by atoms with Crippen LogP contribution in [0.1, 0.15) is 45.7 Å². The van der Waals surface area contributed by atoms with E-state index in [1.807, 2.05) is 32.9 Å². The number of rotatable bonds is 3. The molecule has 0 unspecified atom stereocenters. The van der Waals surface area contributed by atoms with Gasteiger partial charge in [-0.25, -0.2) is 0 Å². The predicted octanol–water partition coefficient (Wildman–Crippen LogP) is 2.24. The number of hydrogen-bond acceptors (Lipinski definition) is 4. The first-order chi connectivity index (χ1) is 7.91. The Morgan fingerprint density at radius 2 is 2.18 bits per heavy atom. The highest BCUT2D eigenvalue weighted by atomic mass is 16.6. The Morgan fingerprint density at radius 3 is 2.65 bits per heavy atom. The normalized spacial score (nSPS) is 17.6. The topological polar surface area (TPSA) is 52.1 Å². The Morgan fingerprint density at radius 1 is 1.47 bits per heavy atom. The van der Waals surface area contributed by atoms with Crippen LogP contribution in [0.3, 0.4) is 0 Å². The zero-order valence-corrected chi connectivity index (χ0v) is 10.6. The van der Waals surface area contributed by atoms with E-state index in [2.05, 4.69) is 10.2 Å².